The van der Waals surface area contributed by atoms with Crippen LogP contribution in [-0.4, -0.2) is 33.1 Å². The number of hydrogen-bond acceptors (Lipinski definition) is 4. The van der Waals surface area contributed by atoms with Crippen molar-refractivity contribution in [3.8, 4) is 0 Å². The third kappa shape index (κ3) is 2.93. The maximum atomic E-state index is 4.31. The van der Waals surface area contributed by atoms with Crippen LogP contribution >= 0.6 is 31.9 Å². The zero-order valence-corrected chi connectivity index (χ0v) is 12.9. The number of halogens is 2. The molecule has 1 aromatic rings. The zero-order valence-electron chi connectivity index (χ0n) is 9.72. The van der Waals surface area contributed by atoms with Crippen molar-refractivity contribution >= 4 is 49.2 Å². The van der Waals surface area contributed by atoms with Gasteiger partial charge in [0, 0.05) is 35.3 Å². The number of hydrogen-bond donors (Lipinski definition) is 2. The molecular weight excluding hydrogens is 348 g/mol. The van der Waals surface area contributed by atoms with Gasteiger partial charge in [0.15, 0.2) is 5.96 Å². The van der Waals surface area contributed by atoms with Gasteiger partial charge < -0.3 is 15.5 Å². The van der Waals surface area contributed by atoms with E-state index in [4.69, 9.17) is 0 Å². The van der Waals surface area contributed by atoms with E-state index in [0.29, 0.717) is 0 Å². The van der Waals surface area contributed by atoms with E-state index < -0.39 is 0 Å². The molecule has 0 aromatic heterocycles. The lowest BCUT2D eigenvalue weighted by molar-refractivity contribution is 0.959. The van der Waals surface area contributed by atoms with E-state index in [1.807, 2.05) is 14.1 Å². The standard InChI is InChI=1S/C11H14Br2N4/c1-17(2)7-5-8(12)10(9(13)6-7)16-11-14-3-4-15-11/h5-6H,3-4H2,1-2H3,(H2,14,15,16). The Morgan fingerprint density at radius 1 is 1.29 bits per heavy atom. The Morgan fingerprint density at radius 3 is 2.41 bits per heavy atom. The Kier molecular flexibility index (Phi) is 3.93. The van der Waals surface area contributed by atoms with Gasteiger partial charge in [0.05, 0.1) is 12.2 Å². The summed E-state index contributed by atoms with van der Waals surface area (Å²) in [4.78, 5) is 6.37. The van der Waals surface area contributed by atoms with E-state index in [9.17, 15) is 0 Å². The smallest absolute Gasteiger partial charge is 0.195 e. The van der Waals surface area contributed by atoms with E-state index >= 15 is 0 Å². The first-order chi connectivity index (χ1) is 8.08. The Bertz CT molecular complexity index is 434. The number of aliphatic imine (C=N–C) groups is 1. The summed E-state index contributed by atoms with van der Waals surface area (Å²) >= 11 is 7.14. The summed E-state index contributed by atoms with van der Waals surface area (Å²) in [7, 11) is 4.04. The molecule has 0 radical (unpaired) electrons. The molecule has 0 aliphatic carbocycles. The summed E-state index contributed by atoms with van der Waals surface area (Å²) in [6.07, 6.45) is 0. The van der Waals surface area contributed by atoms with Crippen molar-refractivity contribution in [3.05, 3.63) is 21.1 Å². The largest absolute Gasteiger partial charge is 0.378 e. The van der Waals surface area contributed by atoms with E-state index in [-0.39, 0.29) is 0 Å². The zero-order chi connectivity index (χ0) is 12.4. The van der Waals surface area contributed by atoms with E-state index in [0.717, 1.165) is 39.4 Å². The highest BCUT2D eigenvalue weighted by molar-refractivity contribution is 9.11. The van der Waals surface area contributed by atoms with Crippen LogP contribution in [0.25, 0.3) is 0 Å². The van der Waals surface area contributed by atoms with Crippen LogP contribution in [0.1, 0.15) is 0 Å². The Hall–Kier alpha value is -0.750. The van der Waals surface area contributed by atoms with Crippen molar-refractivity contribution in [1.82, 2.24) is 5.32 Å². The molecule has 0 amide bonds. The fourth-order valence-electron chi connectivity index (χ4n) is 1.54. The van der Waals surface area contributed by atoms with Crippen LogP contribution < -0.4 is 15.5 Å². The van der Waals surface area contributed by atoms with Crippen LogP contribution in [0.15, 0.2) is 26.1 Å². The van der Waals surface area contributed by atoms with Crippen molar-refractivity contribution in [2.24, 2.45) is 4.99 Å². The van der Waals surface area contributed by atoms with Gasteiger partial charge in [-0.15, -0.1) is 0 Å². The maximum Gasteiger partial charge on any atom is 0.195 e. The Morgan fingerprint density at radius 2 is 1.94 bits per heavy atom. The molecule has 4 nitrogen and oxygen atoms in total. The molecule has 0 saturated heterocycles. The molecule has 1 aliphatic heterocycles. The van der Waals surface area contributed by atoms with Gasteiger partial charge in [0.2, 0.25) is 0 Å². The summed E-state index contributed by atoms with van der Waals surface area (Å²) in [5.74, 6) is 0.823. The predicted octanol–water partition coefficient (Wildman–Crippen LogP) is 2.65. The second-order valence-corrected chi connectivity index (χ2v) is 5.67. The molecule has 0 atom stereocenters. The highest BCUT2D eigenvalue weighted by Crippen LogP contribution is 2.35. The van der Waals surface area contributed by atoms with Gasteiger partial charge >= 0.3 is 0 Å². The van der Waals surface area contributed by atoms with Crippen molar-refractivity contribution in [2.45, 2.75) is 0 Å². The number of nitrogens with zero attached hydrogens (tertiary/aromatic N) is 2. The SMILES string of the molecule is CN(C)c1cc(Br)c(NC2=NCCN2)c(Br)c1. The second-order valence-electron chi connectivity index (χ2n) is 3.96. The lowest BCUT2D eigenvalue weighted by atomic mass is 10.2. The molecule has 0 bridgehead atoms. The number of anilines is 2. The molecule has 2 N–H and O–H groups in total. The monoisotopic (exact) mass is 360 g/mol. The van der Waals surface area contributed by atoms with Gasteiger partial charge in [-0.3, -0.25) is 4.99 Å². The molecule has 1 aromatic carbocycles. The van der Waals surface area contributed by atoms with E-state index in [2.05, 4.69) is 64.5 Å². The number of benzene rings is 1. The van der Waals surface area contributed by atoms with Gasteiger partial charge in [-0.2, -0.15) is 0 Å². The lowest BCUT2D eigenvalue weighted by Crippen LogP contribution is -2.26. The average molecular weight is 362 g/mol. The molecule has 6 heteroatoms. The third-order valence-electron chi connectivity index (χ3n) is 2.46. The van der Waals surface area contributed by atoms with Crippen LogP contribution in [0.2, 0.25) is 0 Å². The summed E-state index contributed by atoms with van der Waals surface area (Å²) < 4.78 is 2.01. The predicted molar refractivity (Wildman–Crippen MR) is 80.1 cm³/mol. The quantitative estimate of drug-likeness (QED) is 0.850. The highest BCUT2D eigenvalue weighted by atomic mass is 79.9. The lowest BCUT2D eigenvalue weighted by Gasteiger charge is -2.17. The molecular formula is C11H14Br2N4. The Labute approximate surface area is 118 Å². The molecule has 1 aliphatic rings. The number of nitrogens with one attached hydrogen (secondary N) is 2. The summed E-state index contributed by atoms with van der Waals surface area (Å²) in [6, 6.07) is 4.14. The first-order valence-electron chi connectivity index (χ1n) is 5.29. The summed E-state index contributed by atoms with van der Waals surface area (Å²) in [5, 5.41) is 6.45. The molecule has 0 fully saturated rings. The van der Waals surface area contributed by atoms with Crippen LogP contribution in [-0.2, 0) is 0 Å². The van der Waals surface area contributed by atoms with Gasteiger partial charge in [0.25, 0.3) is 0 Å². The Balaban J connectivity index is 2.28. The third-order valence-corrected chi connectivity index (χ3v) is 3.71. The summed E-state index contributed by atoms with van der Waals surface area (Å²) in [6.45, 7) is 1.72. The highest BCUT2D eigenvalue weighted by Gasteiger charge is 2.12. The fourth-order valence-corrected chi connectivity index (χ4v) is 2.90. The number of guanidine groups is 1. The summed E-state index contributed by atoms with van der Waals surface area (Å²) in [5.41, 5.74) is 2.12. The minimum atomic E-state index is 0.823. The van der Waals surface area contributed by atoms with Gasteiger partial charge in [-0.25, -0.2) is 0 Å². The molecule has 2 rings (SSSR count). The molecule has 0 unspecified atom stereocenters. The first-order valence-corrected chi connectivity index (χ1v) is 6.88. The molecule has 17 heavy (non-hydrogen) atoms. The van der Waals surface area contributed by atoms with Gasteiger partial charge in [0.1, 0.15) is 0 Å². The van der Waals surface area contributed by atoms with Crippen LogP contribution in [0.3, 0.4) is 0 Å². The van der Waals surface area contributed by atoms with Crippen molar-refractivity contribution < 1.29 is 0 Å². The normalized spacial score (nSPS) is 14.2. The van der Waals surface area contributed by atoms with E-state index in [1.165, 1.54) is 0 Å². The molecule has 92 valence electrons. The maximum absolute atomic E-state index is 4.31. The molecule has 1 heterocycles. The van der Waals surface area contributed by atoms with Crippen molar-refractivity contribution in [3.63, 3.8) is 0 Å². The van der Waals surface area contributed by atoms with Crippen molar-refractivity contribution in [1.29, 1.82) is 0 Å². The van der Waals surface area contributed by atoms with Crippen LogP contribution in [0.4, 0.5) is 11.4 Å². The topological polar surface area (TPSA) is 39.7 Å². The van der Waals surface area contributed by atoms with E-state index in [1.54, 1.807) is 0 Å². The van der Waals surface area contributed by atoms with Gasteiger partial charge in [-0.1, -0.05) is 0 Å². The second kappa shape index (κ2) is 5.27. The van der Waals surface area contributed by atoms with Crippen molar-refractivity contribution in [2.75, 3.05) is 37.4 Å². The minimum Gasteiger partial charge on any atom is -0.378 e. The molecule has 0 saturated carbocycles. The molecule has 0 spiro atoms. The average Bonchev–Trinajstić information content (AvgIpc) is 2.75. The van der Waals surface area contributed by atoms with Crippen LogP contribution in [0.5, 0.6) is 0 Å². The fraction of sp³-hybridized carbons (Fsp3) is 0.364. The minimum absolute atomic E-state index is 0.823. The van der Waals surface area contributed by atoms with Crippen LogP contribution in [0, 0.1) is 0 Å². The number of rotatable bonds is 2. The first kappa shape index (κ1) is 12.7. The van der Waals surface area contributed by atoms with Gasteiger partial charge in [-0.05, 0) is 44.0 Å².